The second-order valence-corrected chi connectivity index (χ2v) is 1.84. The van der Waals surface area contributed by atoms with Crippen LogP contribution in [0.25, 0.3) is 0 Å². The third kappa shape index (κ3) is 4.69. The molecule has 0 bridgehead atoms. The van der Waals surface area contributed by atoms with Crippen LogP contribution in [0.3, 0.4) is 0 Å². The summed E-state index contributed by atoms with van der Waals surface area (Å²) in [6.07, 6.45) is 1.66. The highest BCUT2D eigenvalue weighted by molar-refractivity contribution is 4.78. The van der Waals surface area contributed by atoms with Crippen LogP contribution in [0, 0.1) is 6.42 Å². The third-order valence-corrected chi connectivity index (χ3v) is 1.05. The van der Waals surface area contributed by atoms with Crippen LogP contribution in [0.4, 0.5) is 0 Å². The van der Waals surface area contributed by atoms with Gasteiger partial charge < -0.3 is 21.3 Å². The van der Waals surface area contributed by atoms with E-state index >= 15 is 0 Å². The minimum absolute atomic E-state index is 0.0227. The fourth-order valence-electron chi connectivity index (χ4n) is 0.588. The number of hydrogen-bond donors (Lipinski definition) is 3. The standard InChI is InChI=1S/C6H15N2O2/c7-2-1-6(5-8)10-4-3-9/h1,6,9H,2-5,7-8H2. The average molecular weight is 147 g/mol. The van der Waals surface area contributed by atoms with E-state index in [9.17, 15) is 0 Å². The maximum atomic E-state index is 8.37. The molecule has 4 nitrogen and oxygen atoms in total. The number of hydrogen-bond acceptors (Lipinski definition) is 4. The molecule has 0 aliphatic rings. The van der Waals surface area contributed by atoms with Gasteiger partial charge in [0.1, 0.15) is 0 Å². The summed E-state index contributed by atoms with van der Waals surface area (Å²) in [4.78, 5) is 0. The summed E-state index contributed by atoms with van der Waals surface area (Å²) in [5.74, 6) is 0. The van der Waals surface area contributed by atoms with Crippen molar-refractivity contribution < 1.29 is 9.84 Å². The predicted molar refractivity (Wildman–Crippen MR) is 39.2 cm³/mol. The zero-order valence-corrected chi connectivity index (χ0v) is 5.99. The lowest BCUT2D eigenvalue weighted by Gasteiger charge is -2.12. The van der Waals surface area contributed by atoms with Crippen LogP contribution in [0.15, 0.2) is 0 Å². The van der Waals surface area contributed by atoms with Gasteiger partial charge in [0.05, 0.1) is 19.3 Å². The van der Waals surface area contributed by atoms with Crippen molar-refractivity contribution in [3.05, 3.63) is 6.42 Å². The highest BCUT2D eigenvalue weighted by atomic mass is 16.5. The Hall–Kier alpha value is -0.160. The summed E-state index contributed by atoms with van der Waals surface area (Å²) >= 11 is 0. The van der Waals surface area contributed by atoms with E-state index < -0.39 is 0 Å². The minimum Gasteiger partial charge on any atom is -0.394 e. The van der Waals surface area contributed by atoms with Gasteiger partial charge in [-0.25, -0.2) is 0 Å². The molecule has 0 aromatic rings. The Kier molecular flexibility index (Phi) is 6.84. The van der Waals surface area contributed by atoms with Crippen LogP contribution in [-0.4, -0.2) is 37.5 Å². The van der Waals surface area contributed by atoms with Crippen LogP contribution in [-0.2, 0) is 4.74 Å². The quantitative estimate of drug-likeness (QED) is 0.426. The predicted octanol–water partition coefficient (Wildman–Crippen LogP) is -1.51. The van der Waals surface area contributed by atoms with E-state index in [1.54, 1.807) is 6.42 Å². The third-order valence-electron chi connectivity index (χ3n) is 1.05. The molecule has 0 fully saturated rings. The monoisotopic (exact) mass is 147 g/mol. The molecule has 1 unspecified atom stereocenters. The van der Waals surface area contributed by atoms with Gasteiger partial charge in [-0.05, 0) is 6.54 Å². The van der Waals surface area contributed by atoms with Crippen molar-refractivity contribution in [2.75, 3.05) is 26.3 Å². The van der Waals surface area contributed by atoms with E-state index in [2.05, 4.69) is 0 Å². The molecule has 0 aromatic carbocycles. The number of rotatable bonds is 6. The molecule has 0 aliphatic carbocycles. The van der Waals surface area contributed by atoms with Crippen LogP contribution >= 0.6 is 0 Å². The van der Waals surface area contributed by atoms with Gasteiger partial charge in [-0.15, -0.1) is 0 Å². The molecule has 1 atom stereocenters. The lowest BCUT2D eigenvalue weighted by atomic mass is 10.2. The molecule has 1 radical (unpaired) electrons. The molecule has 0 amide bonds. The summed E-state index contributed by atoms with van der Waals surface area (Å²) in [5.41, 5.74) is 10.5. The molecule has 0 saturated heterocycles. The zero-order valence-electron chi connectivity index (χ0n) is 5.99. The van der Waals surface area contributed by atoms with Crippen molar-refractivity contribution in [3.8, 4) is 0 Å². The Labute approximate surface area is 61.2 Å². The summed E-state index contributed by atoms with van der Waals surface area (Å²) in [6, 6.07) is 0. The fourth-order valence-corrected chi connectivity index (χ4v) is 0.588. The van der Waals surface area contributed by atoms with Crippen molar-refractivity contribution in [2.24, 2.45) is 11.5 Å². The van der Waals surface area contributed by atoms with Gasteiger partial charge in [-0.1, -0.05) is 0 Å². The molecule has 0 spiro atoms. The first-order valence-electron chi connectivity index (χ1n) is 3.31. The summed E-state index contributed by atoms with van der Waals surface area (Å²) < 4.78 is 5.07. The topological polar surface area (TPSA) is 81.5 Å². The molecule has 0 heterocycles. The molecule has 0 rings (SSSR count). The molecule has 0 aliphatic heterocycles. The SMILES string of the molecule is NC[CH]C(CN)OCCO. The first-order valence-corrected chi connectivity index (χ1v) is 3.31. The molecule has 10 heavy (non-hydrogen) atoms. The van der Waals surface area contributed by atoms with Crippen molar-refractivity contribution in [2.45, 2.75) is 6.10 Å². The first-order chi connectivity index (χ1) is 4.85. The normalized spacial score (nSPS) is 13.5. The number of ether oxygens (including phenoxy) is 1. The summed E-state index contributed by atoms with van der Waals surface area (Å²) in [6.45, 7) is 1.21. The van der Waals surface area contributed by atoms with Gasteiger partial charge in [-0.2, -0.15) is 0 Å². The Bertz CT molecular complexity index is 70.8. The van der Waals surface area contributed by atoms with E-state index in [4.69, 9.17) is 21.3 Å². The van der Waals surface area contributed by atoms with Crippen molar-refractivity contribution in [1.29, 1.82) is 0 Å². The van der Waals surface area contributed by atoms with E-state index in [0.717, 1.165) is 0 Å². The highest BCUT2D eigenvalue weighted by Gasteiger charge is 2.03. The van der Waals surface area contributed by atoms with Crippen LogP contribution in [0.5, 0.6) is 0 Å². The van der Waals surface area contributed by atoms with Gasteiger partial charge in [0.25, 0.3) is 0 Å². The Morgan fingerprint density at radius 3 is 2.60 bits per heavy atom. The average Bonchev–Trinajstić information content (AvgIpc) is 1.98. The largest absolute Gasteiger partial charge is 0.394 e. The van der Waals surface area contributed by atoms with Crippen LogP contribution < -0.4 is 11.5 Å². The molecular formula is C6H15N2O2. The molecule has 0 aromatic heterocycles. The number of aliphatic hydroxyl groups excluding tert-OH is 1. The van der Waals surface area contributed by atoms with Crippen LogP contribution in [0.2, 0.25) is 0 Å². The lowest BCUT2D eigenvalue weighted by Crippen LogP contribution is -2.28. The maximum Gasteiger partial charge on any atom is 0.0742 e. The minimum atomic E-state index is -0.114. The summed E-state index contributed by atoms with van der Waals surface area (Å²) in [7, 11) is 0. The first kappa shape index (κ1) is 9.84. The zero-order chi connectivity index (χ0) is 7.82. The highest BCUT2D eigenvalue weighted by Crippen LogP contribution is 1.91. The van der Waals surface area contributed by atoms with E-state index in [0.29, 0.717) is 19.7 Å². The molecular weight excluding hydrogens is 132 g/mol. The second kappa shape index (κ2) is 6.95. The van der Waals surface area contributed by atoms with Crippen molar-refractivity contribution >= 4 is 0 Å². The maximum absolute atomic E-state index is 8.37. The number of nitrogens with two attached hydrogens (primary N) is 2. The second-order valence-electron chi connectivity index (χ2n) is 1.84. The van der Waals surface area contributed by atoms with E-state index in [1.165, 1.54) is 0 Å². The summed E-state index contributed by atoms with van der Waals surface area (Å²) in [5, 5.41) is 8.37. The Morgan fingerprint density at radius 2 is 2.20 bits per heavy atom. The number of aliphatic hydroxyl groups is 1. The van der Waals surface area contributed by atoms with Gasteiger partial charge >= 0.3 is 0 Å². The molecule has 0 saturated carbocycles. The van der Waals surface area contributed by atoms with E-state index in [-0.39, 0.29) is 12.7 Å². The van der Waals surface area contributed by atoms with Gasteiger partial charge in [0.15, 0.2) is 0 Å². The van der Waals surface area contributed by atoms with Crippen LogP contribution in [0.1, 0.15) is 0 Å². The Balaban J connectivity index is 3.21. The lowest BCUT2D eigenvalue weighted by molar-refractivity contribution is 0.0505. The van der Waals surface area contributed by atoms with E-state index in [1.807, 2.05) is 0 Å². The van der Waals surface area contributed by atoms with Crippen molar-refractivity contribution in [3.63, 3.8) is 0 Å². The van der Waals surface area contributed by atoms with Gasteiger partial charge in [0.2, 0.25) is 0 Å². The molecule has 4 heteroatoms. The van der Waals surface area contributed by atoms with Crippen molar-refractivity contribution in [1.82, 2.24) is 0 Å². The van der Waals surface area contributed by atoms with Gasteiger partial charge in [-0.3, -0.25) is 0 Å². The smallest absolute Gasteiger partial charge is 0.0742 e. The Morgan fingerprint density at radius 1 is 1.50 bits per heavy atom. The molecule has 5 N–H and O–H groups in total. The molecule has 61 valence electrons. The van der Waals surface area contributed by atoms with Gasteiger partial charge in [0, 0.05) is 13.0 Å². The fraction of sp³-hybridized carbons (Fsp3) is 0.833.